The Hall–Kier alpha value is -5.40. The van der Waals surface area contributed by atoms with Crippen LogP contribution in [0.15, 0.2) is 197 Å². The van der Waals surface area contributed by atoms with Crippen molar-refractivity contribution < 1.29 is 0 Å². The predicted molar refractivity (Wildman–Crippen MR) is 265 cm³/mol. The summed E-state index contributed by atoms with van der Waals surface area (Å²) in [6.45, 7) is 23.2. The van der Waals surface area contributed by atoms with Crippen molar-refractivity contribution in [2.24, 2.45) is 11.3 Å². The third kappa shape index (κ3) is 8.34. The van der Waals surface area contributed by atoms with E-state index < -0.39 is 0 Å². The first-order valence-electron chi connectivity index (χ1n) is 23.0. The number of benzene rings is 3. The van der Waals surface area contributed by atoms with E-state index in [9.17, 15) is 0 Å². The van der Waals surface area contributed by atoms with Gasteiger partial charge in [-0.2, -0.15) is 0 Å². The van der Waals surface area contributed by atoms with Crippen molar-refractivity contribution in [1.82, 2.24) is 5.32 Å². The van der Waals surface area contributed by atoms with Gasteiger partial charge in [-0.1, -0.05) is 187 Å². The zero-order valence-corrected chi connectivity index (χ0v) is 38.4. The minimum Gasteiger partial charge on any atom is -0.388 e. The molecule has 3 aromatic rings. The smallest absolute Gasteiger partial charge is 0.0719 e. The summed E-state index contributed by atoms with van der Waals surface area (Å²) in [5, 5.41) is 3.84. The van der Waals surface area contributed by atoms with Crippen molar-refractivity contribution in [3.63, 3.8) is 0 Å². The highest BCUT2D eigenvalue weighted by molar-refractivity contribution is 5.95. The molecule has 0 saturated carbocycles. The average molecular weight is 804 g/mol. The van der Waals surface area contributed by atoms with Gasteiger partial charge in [0.25, 0.3) is 0 Å². The van der Waals surface area contributed by atoms with Crippen LogP contribution in [0.1, 0.15) is 134 Å². The van der Waals surface area contributed by atoms with E-state index in [1.165, 1.54) is 73.4 Å². The Morgan fingerprint density at radius 1 is 0.852 bits per heavy atom. The SMILES string of the molecule is C=C\C=C/C=C(C)/C(/C=C\C)=C/CCNC1=CC(C(C)(C)CC)=C(C2=CCC(/C=C/C=C3\C(=C/C)c4ccccc4C34c3ccccc3C(C)(C)c3ccccc34)CC2)CC1. The van der Waals surface area contributed by atoms with Crippen molar-refractivity contribution in [3.05, 3.63) is 231 Å². The molecule has 0 saturated heterocycles. The third-order valence-corrected chi connectivity index (χ3v) is 14.3. The van der Waals surface area contributed by atoms with Crippen molar-refractivity contribution in [2.45, 2.75) is 111 Å². The largest absolute Gasteiger partial charge is 0.388 e. The number of allylic oxidation sites excluding steroid dienone is 20. The fourth-order valence-electron chi connectivity index (χ4n) is 10.6. The molecular formula is C60H69N. The summed E-state index contributed by atoms with van der Waals surface area (Å²) < 4.78 is 0. The Labute approximate surface area is 369 Å². The van der Waals surface area contributed by atoms with Gasteiger partial charge < -0.3 is 5.32 Å². The number of hydrogen-bond donors (Lipinski definition) is 1. The summed E-state index contributed by atoms with van der Waals surface area (Å²) >= 11 is 0. The van der Waals surface area contributed by atoms with Crippen LogP contribution < -0.4 is 5.32 Å². The van der Waals surface area contributed by atoms with Crippen LogP contribution in [-0.4, -0.2) is 6.54 Å². The van der Waals surface area contributed by atoms with Crippen LogP contribution in [0.2, 0.25) is 0 Å². The molecule has 3 aromatic carbocycles. The number of fused-ring (bicyclic) bond motifs is 6. The van der Waals surface area contributed by atoms with Crippen molar-refractivity contribution in [1.29, 1.82) is 0 Å². The molecule has 4 aliphatic rings. The van der Waals surface area contributed by atoms with Gasteiger partial charge in [-0.25, -0.2) is 0 Å². The van der Waals surface area contributed by atoms with Gasteiger partial charge in [-0.05, 0) is 156 Å². The first kappa shape index (κ1) is 43.7. The normalized spacial score (nSPS) is 21.3. The lowest BCUT2D eigenvalue weighted by molar-refractivity contribution is 0.429. The second kappa shape index (κ2) is 18.7. The lowest BCUT2D eigenvalue weighted by Gasteiger charge is -2.46. The summed E-state index contributed by atoms with van der Waals surface area (Å²) in [5.41, 5.74) is 19.5. The molecule has 1 atom stereocenters. The van der Waals surface area contributed by atoms with Crippen LogP contribution in [-0.2, 0) is 10.8 Å². The predicted octanol–water partition coefficient (Wildman–Crippen LogP) is 15.9. The van der Waals surface area contributed by atoms with Gasteiger partial charge in [0.1, 0.15) is 0 Å². The molecule has 0 aliphatic heterocycles. The van der Waals surface area contributed by atoms with E-state index >= 15 is 0 Å². The summed E-state index contributed by atoms with van der Waals surface area (Å²) in [6.07, 6.45) is 37.2. The molecule has 0 amide bonds. The van der Waals surface area contributed by atoms with Crippen LogP contribution in [0.4, 0.5) is 0 Å². The van der Waals surface area contributed by atoms with Crippen molar-refractivity contribution in [2.75, 3.05) is 6.54 Å². The van der Waals surface area contributed by atoms with Gasteiger partial charge in [0.2, 0.25) is 0 Å². The van der Waals surface area contributed by atoms with Gasteiger partial charge in [0.15, 0.2) is 0 Å². The lowest BCUT2D eigenvalue weighted by Crippen LogP contribution is -2.40. The standard InChI is InChI=1S/C60H69N/c1-10-14-15-25-43(5)45(24-11-2)27-23-41-61-47-39-40-49(57(42-47)58(6,7)13-4)46-37-35-44(36-38-46)26-22-34-51-48(12-3)50-28-16-17-29-52(50)60(51)55-32-20-18-30-53(55)59(8,9)54-31-19-21-33-56(54)60/h10-12,14-22,24-34,37,42,44,61H,1,13,23,35-36,38-41H2,2-9H3/b15-14-,24-11-,26-22+,43-25+,45-27+,48-12-,51-34+. The molecule has 1 heteroatoms. The van der Waals surface area contributed by atoms with E-state index in [4.69, 9.17) is 0 Å². The Balaban J connectivity index is 1.14. The van der Waals surface area contributed by atoms with E-state index in [-0.39, 0.29) is 16.2 Å². The Bertz CT molecular complexity index is 2400. The summed E-state index contributed by atoms with van der Waals surface area (Å²) in [6, 6.07) is 27.6. The zero-order valence-electron chi connectivity index (χ0n) is 38.4. The van der Waals surface area contributed by atoms with E-state index in [2.05, 4.69) is 207 Å². The maximum absolute atomic E-state index is 3.84. The second-order valence-corrected chi connectivity index (χ2v) is 18.6. The van der Waals surface area contributed by atoms with Gasteiger partial charge in [0.05, 0.1) is 5.41 Å². The molecule has 0 heterocycles. The highest BCUT2D eigenvalue weighted by Crippen LogP contribution is 2.63. The minimum absolute atomic E-state index is 0.0958. The van der Waals surface area contributed by atoms with Crippen molar-refractivity contribution in [3.8, 4) is 0 Å². The first-order valence-corrected chi connectivity index (χ1v) is 23.0. The van der Waals surface area contributed by atoms with E-state index in [0.717, 1.165) is 45.1 Å². The average Bonchev–Trinajstić information content (AvgIpc) is 3.56. The Morgan fingerprint density at radius 2 is 1.52 bits per heavy atom. The third-order valence-electron chi connectivity index (χ3n) is 14.3. The molecule has 0 aromatic heterocycles. The Kier molecular flexibility index (Phi) is 13.4. The van der Waals surface area contributed by atoms with Gasteiger partial charge in [0, 0.05) is 17.7 Å². The Morgan fingerprint density at radius 3 is 2.15 bits per heavy atom. The van der Waals surface area contributed by atoms with Gasteiger partial charge in [-0.3, -0.25) is 0 Å². The molecule has 0 bridgehead atoms. The maximum atomic E-state index is 3.84. The number of nitrogens with one attached hydrogen (secondary N) is 1. The van der Waals surface area contributed by atoms with Gasteiger partial charge in [-0.15, -0.1) is 0 Å². The molecule has 4 aliphatic carbocycles. The summed E-state index contributed by atoms with van der Waals surface area (Å²) in [7, 11) is 0. The highest BCUT2D eigenvalue weighted by atomic mass is 14.9. The van der Waals surface area contributed by atoms with Crippen LogP contribution in [0, 0.1) is 11.3 Å². The van der Waals surface area contributed by atoms with Crippen molar-refractivity contribution >= 4 is 5.57 Å². The molecule has 1 unspecified atom stereocenters. The van der Waals surface area contributed by atoms with Crippen LogP contribution in [0.5, 0.6) is 0 Å². The van der Waals surface area contributed by atoms with Gasteiger partial charge >= 0.3 is 0 Å². The van der Waals surface area contributed by atoms with E-state index in [1.54, 1.807) is 11.1 Å². The molecule has 0 fully saturated rings. The molecular weight excluding hydrogens is 735 g/mol. The quantitative estimate of drug-likeness (QED) is 0.134. The molecule has 61 heavy (non-hydrogen) atoms. The molecule has 0 radical (unpaired) electrons. The monoisotopic (exact) mass is 804 g/mol. The fraction of sp³-hybridized carbons (Fsp3) is 0.333. The topological polar surface area (TPSA) is 12.0 Å². The van der Waals surface area contributed by atoms with E-state index in [0.29, 0.717) is 5.92 Å². The van der Waals surface area contributed by atoms with Crippen LogP contribution in [0.3, 0.4) is 0 Å². The minimum atomic E-state index is -0.367. The molecule has 1 nitrogen and oxygen atoms in total. The van der Waals surface area contributed by atoms with Crippen LogP contribution in [0.25, 0.3) is 5.57 Å². The first-order chi connectivity index (χ1) is 29.5. The lowest BCUT2D eigenvalue weighted by atomic mass is 9.55. The summed E-state index contributed by atoms with van der Waals surface area (Å²) in [4.78, 5) is 0. The molecule has 7 rings (SSSR count). The number of hydrogen-bond acceptors (Lipinski definition) is 1. The molecule has 314 valence electrons. The fourth-order valence-corrected chi connectivity index (χ4v) is 10.6. The number of rotatable bonds is 13. The highest BCUT2D eigenvalue weighted by Gasteiger charge is 2.54. The summed E-state index contributed by atoms with van der Waals surface area (Å²) in [5.74, 6) is 0.524. The molecule has 1 N–H and O–H groups in total. The van der Waals surface area contributed by atoms with E-state index in [1.807, 2.05) is 12.2 Å². The van der Waals surface area contributed by atoms with Crippen LogP contribution >= 0.6 is 0 Å². The second-order valence-electron chi connectivity index (χ2n) is 18.6. The molecule has 1 spiro atoms. The zero-order chi connectivity index (χ0) is 43.2. The maximum Gasteiger partial charge on any atom is 0.0719 e.